The molecule has 0 saturated carbocycles. The maximum atomic E-state index is 4.48. The molecule has 11 heavy (non-hydrogen) atoms. The topological polar surface area (TPSA) is 24.4 Å². The van der Waals surface area contributed by atoms with Crippen LogP contribution in [0.25, 0.3) is 0 Å². The average Bonchev–Trinajstić information content (AvgIpc) is 1.83. The van der Waals surface area contributed by atoms with Crippen molar-refractivity contribution < 1.29 is 0 Å². The highest BCUT2D eigenvalue weighted by molar-refractivity contribution is 8.13. The van der Waals surface area contributed by atoms with Crippen LogP contribution in [0, 0.1) is 0 Å². The van der Waals surface area contributed by atoms with Gasteiger partial charge in [-0.15, -0.1) is 0 Å². The second-order valence-electron chi connectivity index (χ2n) is 3.23. The quantitative estimate of drug-likeness (QED) is 0.601. The Morgan fingerprint density at radius 1 is 1.55 bits per heavy atom. The first-order chi connectivity index (χ1) is 5.03. The van der Waals surface area contributed by atoms with E-state index in [0.717, 1.165) is 5.17 Å². The predicted octanol–water partition coefficient (Wildman–Crippen LogP) is 1.99. The minimum atomic E-state index is -0.0341. The third-order valence-corrected chi connectivity index (χ3v) is 2.04. The van der Waals surface area contributed by atoms with Gasteiger partial charge in [0.1, 0.15) is 0 Å². The van der Waals surface area contributed by atoms with Gasteiger partial charge in [0.05, 0.1) is 5.54 Å². The van der Waals surface area contributed by atoms with E-state index < -0.39 is 0 Å². The number of hydrogen-bond donors (Lipinski definition) is 1. The minimum absolute atomic E-state index is 0.0341. The molecule has 0 aromatic heterocycles. The molecule has 0 radical (unpaired) electrons. The molecule has 0 aromatic carbocycles. The van der Waals surface area contributed by atoms with E-state index in [-0.39, 0.29) is 5.54 Å². The van der Waals surface area contributed by atoms with Gasteiger partial charge in [-0.1, -0.05) is 11.8 Å². The summed E-state index contributed by atoms with van der Waals surface area (Å²) in [4.78, 5) is 4.48. The molecule has 0 atom stereocenters. The molecule has 0 bridgehead atoms. The van der Waals surface area contributed by atoms with Crippen LogP contribution < -0.4 is 5.32 Å². The number of amidine groups is 1. The van der Waals surface area contributed by atoms with Gasteiger partial charge in [-0.2, -0.15) is 0 Å². The molecule has 1 aliphatic rings. The van der Waals surface area contributed by atoms with Crippen molar-refractivity contribution in [1.29, 1.82) is 0 Å². The van der Waals surface area contributed by atoms with Crippen LogP contribution in [0.5, 0.6) is 0 Å². The Balaban J connectivity index is 2.84. The number of aliphatic imine (C=N–C) groups is 1. The molecule has 2 nitrogen and oxygen atoms in total. The monoisotopic (exact) mass is 170 g/mol. The summed E-state index contributed by atoms with van der Waals surface area (Å²) in [6.45, 7) is 6.27. The van der Waals surface area contributed by atoms with Crippen LogP contribution in [0.3, 0.4) is 0 Å². The van der Waals surface area contributed by atoms with Crippen molar-refractivity contribution in [3.8, 4) is 0 Å². The Hall–Kier alpha value is -0.440. The van der Waals surface area contributed by atoms with Crippen LogP contribution in [-0.4, -0.2) is 17.0 Å². The zero-order chi connectivity index (χ0) is 8.48. The van der Waals surface area contributed by atoms with Crippen molar-refractivity contribution in [2.75, 3.05) is 6.26 Å². The molecule has 1 heterocycles. The number of rotatable bonds is 0. The summed E-state index contributed by atoms with van der Waals surface area (Å²) in [5, 5.41) is 4.20. The highest BCUT2D eigenvalue weighted by Crippen LogP contribution is 2.19. The first-order valence-electron chi connectivity index (χ1n) is 3.64. The van der Waals surface area contributed by atoms with Crippen molar-refractivity contribution in [3.63, 3.8) is 0 Å². The molecular formula is C8H14N2S. The molecular weight excluding hydrogens is 156 g/mol. The maximum absolute atomic E-state index is 4.48. The van der Waals surface area contributed by atoms with E-state index in [0.29, 0.717) is 0 Å². The van der Waals surface area contributed by atoms with Crippen molar-refractivity contribution in [1.82, 2.24) is 5.32 Å². The van der Waals surface area contributed by atoms with E-state index >= 15 is 0 Å². The average molecular weight is 170 g/mol. The smallest absolute Gasteiger partial charge is 0.161 e. The molecule has 3 heteroatoms. The number of hydrogen-bond acceptors (Lipinski definition) is 3. The first kappa shape index (κ1) is 8.65. The fraction of sp³-hybridized carbons (Fsp3) is 0.625. The minimum Gasteiger partial charge on any atom is -0.339 e. The summed E-state index contributed by atoms with van der Waals surface area (Å²) in [5.41, 5.74) is 1.16. The lowest BCUT2D eigenvalue weighted by Gasteiger charge is -2.24. The van der Waals surface area contributed by atoms with E-state index in [1.54, 1.807) is 11.8 Å². The number of thioether (sulfide) groups is 1. The predicted molar refractivity (Wildman–Crippen MR) is 51.9 cm³/mol. The van der Waals surface area contributed by atoms with Gasteiger partial charge in [-0.3, -0.25) is 4.99 Å². The van der Waals surface area contributed by atoms with E-state index in [2.05, 4.69) is 37.2 Å². The molecule has 0 saturated heterocycles. The van der Waals surface area contributed by atoms with Crippen molar-refractivity contribution in [2.24, 2.45) is 4.99 Å². The Bertz CT molecular complexity index is 216. The largest absolute Gasteiger partial charge is 0.339 e. The third-order valence-electron chi connectivity index (χ3n) is 1.46. The van der Waals surface area contributed by atoms with Crippen molar-refractivity contribution in [3.05, 3.63) is 11.8 Å². The van der Waals surface area contributed by atoms with Gasteiger partial charge < -0.3 is 5.32 Å². The summed E-state index contributed by atoms with van der Waals surface area (Å²) < 4.78 is 0. The van der Waals surface area contributed by atoms with E-state index in [1.165, 1.54) is 5.70 Å². The van der Waals surface area contributed by atoms with Crippen LogP contribution in [0.15, 0.2) is 16.8 Å². The molecule has 0 aliphatic carbocycles. The summed E-state index contributed by atoms with van der Waals surface area (Å²) >= 11 is 1.65. The maximum Gasteiger partial charge on any atom is 0.161 e. The normalized spacial score (nSPS) is 21.8. The molecule has 0 spiro atoms. The van der Waals surface area contributed by atoms with E-state index in [9.17, 15) is 0 Å². The van der Waals surface area contributed by atoms with Crippen LogP contribution in [0.1, 0.15) is 20.8 Å². The van der Waals surface area contributed by atoms with Gasteiger partial charge in [0.15, 0.2) is 5.17 Å². The van der Waals surface area contributed by atoms with Gasteiger partial charge in [0, 0.05) is 5.70 Å². The second-order valence-corrected chi connectivity index (χ2v) is 4.02. The molecule has 0 aromatic rings. The number of nitrogens with one attached hydrogen (secondary N) is 1. The van der Waals surface area contributed by atoms with Gasteiger partial charge in [0.2, 0.25) is 0 Å². The molecule has 1 aliphatic heterocycles. The molecule has 1 rings (SSSR count). The molecule has 0 unspecified atom stereocenters. The number of allylic oxidation sites excluding steroid dienone is 1. The van der Waals surface area contributed by atoms with E-state index in [1.807, 2.05) is 6.26 Å². The van der Waals surface area contributed by atoms with Gasteiger partial charge >= 0.3 is 0 Å². The third kappa shape index (κ3) is 2.26. The zero-order valence-electron chi connectivity index (χ0n) is 7.43. The highest BCUT2D eigenvalue weighted by Gasteiger charge is 2.18. The molecule has 1 N–H and O–H groups in total. The first-order valence-corrected chi connectivity index (χ1v) is 4.86. The van der Waals surface area contributed by atoms with Gasteiger partial charge in [0.25, 0.3) is 0 Å². The lowest BCUT2D eigenvalue weighted by atomic mass is 10.0. The van der Waals surface area contributed by atoms with Crippen LogP contribution in [0.4, 0.5) is 0 Å². The SMILES string of the molecule is CSC1=NC(C)(C)C=C(C)N1. The Labute approximate surface area is 72.2 Å². The number of nitrogens with zero attached hydrogens (tertiary/aromatic N) is 1. The molecule has 0 amide bonds. The summed E-state index contributed by atoms with van der Waals surface area (Å²) in [5.74, 6) is 0. The molecule has 62 valence electrons. The second kappa shape index (κ2) is 2.89. The van der Waals surface area contributed by atoms with Gasteiger partial charge in [-0.05, 0) is 33.1 Å². The molecule has 0 fully saturated rings. The van der Waals surface area contributed by atoms with Crippen LogP contribution in [0.2, 0.25) is 0 Å². The van der Waals surface area contributed by atoms with Crippen molar-refractivity contribution in [2.45, 2.75) is 26.3 Å². The fourth-order valence-corrected chi connectivity index (χ4v) is 1.74. The Morgan fingerprint density at radius 3 is 2.64 bits per heavy atom. The fourth-order valence-electron chi connectivity index (χ4n) is 1.15. The van der Waals surface area contributed by atoms with Gasteiger partial charge in [-0.25, -0.2) is 0 Å². The Kier molecular flexibility index (Phi) is 2.28. The Morgan fingerprint density at radius 2 is 2.18 bits per heavy atom. The summed E-state index contributed by atoms with van der Waals surface area (Å²) in [6.07, 6.45) is 4.16. The van der Waals surface area contributed by atoms with E-state index in [4.69, 9.17) is 0 Å². The lowest BCUT2D eigenvalue weighted by Crippen LogP contribution is -2.30. The highest BCUT2D eigenvalue weighted by atomic mass is 32.2. The summed E-state index contributed by atoms with van der Waals surface area (Å²) in [7, 11) is 0. The van der Waals surface area contributed by atoms with Crippen LogP contribution in [-0.2, 0) is 0 Å². The summed E-state index contributed by atoms with van der Waals surface area (Å²) in [6, 6.07) is 0. The van der Waals surface area contributed by atoms with Crippen LogP contribution >= 0.6 is 11.8 Å². The lowest BCUT2D eigenvalue weighted by molar-refractivity contribution is 0.636. The standard InChI is InChI=1S/C8H14N2S/c1-6-5-8(2,3)10-7(9-6)11-4/h5H,1-4H3,(H,9,10). The zero-order valence-corrected chi connectivity index (χ0v) is 8.25. The van der Waals surface area contributed by atoms with Crippen molar-refractivity contribution >= 4 is 16.9 Å².